The summed E-state index contributed by atoms with van der Waals surface area (Å²) >= 11 is 5.86. The third kappa shape index (κ3) is 2.53. The smallest absolute Gasteiger partial charge is 0.205 e. The minimum absolute atomic E-state index is 0.0350. The van der Waals surface area contributed by atoms with Gasteiger partial charge < -0.3 is 0 Å². The quantitative estimate of drug-likeness (QED) is 0.871. The van der Waals surface area contributed by atoms with Gasteiger partial charge in [-0.25, -0.2) is 10.1 Å². The van der Waals surface area contributed by atoms with Gasteiger partial charge in [0.05, 0.1) is 11.7 Å². The maximum Gasteiger partial charge on any atom is 0.205 e. The molecule has 1 aromatic carbocycles. The summed E-state index contributed by atoms with van der Waals surface area (Å²) in [5, 5.41) is 5.09. The predicted octanol–water partition coefficient (Wildman–Crippen LogP) is 1.42. The highest BCUT2D eigenvalue weighted by molar-refractivity contribution is 6.30. The number of rotatable bonds is 2. The van der Waals surface area contributed by atoms with E-state index in [1.165, 1.54) is 6.07 Å². The van der Waals surface area contributed by atoms with Crippen molar-refractivity contribution in [3.8, 4) is 5.69 Å². The van der Waals surface area contributed by atoms with Gasteiger partial charge >= 0.3 is 0 Å². The topological polar surface area (TPSA) is 59.0 Å². The van der Waals surface area contributed by atoms with Gasteiger partial charge in [-0.2, -0.15) is 5.10 Å². The van der Waals surface area contributed by atoms with Gasteiger partial charge in [-0.3, -0.25) is 10.2 Å². The molecule has 1 fully saturated rings. The second-order valence-electron chi connectivity index (χ2n) is 4.40. The van der Waals surface area contributed by atoms with E-state index in [0.29, 0.717) is 10.7 Å². The van der Waals surface area contributed by atoms with Crippen LogP contribution in [0.5, 0.6) is 0 Å². The molecule has 0 spiro atoms. The molecule has 3 rings (SSSR count). The third-order valence-corrected chi connectivity index (χ3v) is 3.34. The lowest BCUT2D eigenvalue weighted by Gasteiger charge is -2.11. The molecule has 0 radical (unpaired) electrons. The third-order valence-electron chi connectivity index (χ3n) is 3.09. The minimum Gasteiger partial charge on any atom is -0.288 e. The number of hydrazine groups is 1. The van der Waals surface area contributed by atoms with Gasteiger partial charge in [0.1, 0.15) is 5.69 Å². The van der Waals surface area contributed by atoms with E-state index in [-0.39, 0.29) is 11.5 Å². The van der Waals surface area contributed by atoms with E-state index in [1.54, 1.807) is 23.0 Å². The van der Waals surface area contributed by atoms with Crippen LogP contribution in [0.1, 0.15) is 18.2 Å². The summed E-state index contributed by atoms with van der Waals surface area (Å²) in [6, 6.07) is 8.83. The highest BCUT2D eigenvalue weighted by atomic mass is 35.5. The molecule has 0 bridgehead atoms. The molecule has 1 aromatic heterocycles. The van der Waals surface area contributed by atoms with Gasteiger partial charge in [-0.15, -0.1) is 0 Å². The Labute approximate surface area is 115 Å². The van der Waals surface area contributed by atoms with E-state index in [4.69, 9.17) is 11.6 Å². The molecule has 0 aliphatic carbocycles. The zero-order valence-electron chi connectivity index (χ0n) is 10.1. The fourth-order valence-corrected chi connectivity index (χ4v) is 2.22. The van der Waals surface area contributed by atoms with Crippen molar-refractivity contribution >= 4 is 11.6 Å². The van der Waals surface area contributed by atoms with Crippen molar-refractivity contribution in [3.05, 3.63) is 57.5 Å². The molecule has 0 saturated carbocycles. The van der Waals surface area contributed by atoms with Crippen LogP contribution in [0.2, 0.25) is 5.02 Å². The Kier molecular flexibility index (Phi) is 3.33. The average molecular weight is 277 g/mol. The van der Waals surface area contributed by atoms with Gasteiger partial charge in [-0.1, -0.05) is 11.6 Å². The van der Waals surface area contributed by atoms with Crippen molar-refractivity contribution < 1.29 is 0 Å². The summed E-state index contributed by atoms with van der Waals surface area (Å²) in [5.74, 6) is 0. The first-order valence-electron chi connectivity index (χ1n) is 6.08. The molecule has 1 saturated heterocycles. The zero-order chi connectivity index (χ0) is 13.2. The Morgan fingerprint density at radius 3 is 2.74 bits per heavy atom. The Bertz CT molecular complexity index is 632. The fourth-order valence-electron chi connectivity index (χ4n) is 2.09. The minimum atomic E-state index is -0.0496. The molecule has 2 heterocycles. The number of hydrogen-bond acceptors (Lipinski definition) is 4. The number of nitrogens with one attached hydrogen (secondary N) is 2. The van der Waals surface area contributed by atoms with Crippen LogP contribution in [0.25, 0.3) is 5.69 Å². The van der Waals surface area contributed by atoms with Crippen molar-refractivity contribution in [1.82, 2.24) is 20.6 Å². The van der Waals surface area contributed by atoms with Gasteiger partial charge in [0.25, 0.3) is 0 Å². The van der Waals surface area contributed by atoms with E-state index in [2.05, 4.69) is 16.0 Å². The first-order chi connectivity index (χ1) is 9.24. The van der Waals surface area contributed by atoms with E-state index in [1.807, 2.05) is 12.1 Å². The molecule has 1 aliphatic heterocycles. The molecule has 1 atom stereocenters. The van der Waals surface area contributed by atoms with Gasteiger partial charge in [0.2, 0.25) is 5.43 Å². The normalized spacial score (nSPS) is 18.7. The molecule has 2 aromatic rings. The predicted molar refractivity (Wildman–Crippen MR) is 73.3 cm³/mol. The number of hydrogen-bond donors (Lipinski definition) is 2. The van der Waals surface area contributed by atoms with E-state index in [9.17, 15) is 4.79 Å². The molecular weight excluding hydrogens is 264 g/mol. The average Bonchev–Trinajstić information content (AvgIpc) is 2.94. The molecule has 0 amide bonds. The fraction of sp³-hybridized carbons (Fsp3) is 0.231. The summed E-state index contributed by atoms with van der Waals surface area (Å²) in [7, 11) is 0. The number of halogens is 1. The summed E-state index contributed by atoms with van der Waals surface area (Å²) in [6.45, 7) is 0.835. The standard InChI is InChI=1S/C13H13ClN4O/c14-9-1-3-10(4-2-9)18-8-6-12(19)13(17-18)11-5-7-15-16-11/h1-4,6,8,11,15-16H,5,7H2. The van der Waals surface area contributed by atoms with Crippen LogP contribution < -0.4 is 16.3 Å². The number of benzene rings is 1. The van der Waals surface area contributed by atoms with Crippen LogP contribution in [0, 0.1) is 0 Å². The Hall–Kier alpha value is -1.69. The van der Waals surface area contributed by atoms with Crippen molar-refractivity contribution in [2.45, 2.75) is 12.5 Å². The lowest BCUT2D eigenvalue weighted by Crippen LogP contribution is -2.29. The lowest BCUT2D eigenvalue weighted by molar-refractivity contribution is 0.551. The molecule has 1 aliphatic rings. The first kappa shape index (κ1) is 12.3. The van der Waals surface area contributed by atoms with Crippen LogP contribution in [-0.2, 0) is 0 Å². The van der Waals surface area contributed by atoms with Gasteiger partial charge in [0, 0.05) is 23.8 Å². The van der Waals surface area contributed by atoms with E-state index in [0.717, 1.165) is 18.7 Å². The summed E-state index contributed by atoms with van der Waals surface area (Å²) in [4.78, 5) is 11.9. The van der Waals surface area contributed by atoms with Crippen molar-refractivity contribution in [2.75, 3.05) is 6.54 Å². The van der Waals surface area contributed by atoms with Crippen molar-refractivity contribution in [2.24, 2.45) is 0 Å². The molecule has 5 nitrogen and oxygen atoms in total. The van der Waals surface area contributed by atoms with Crippen LogP contribution in [0.15, 0.2) is 41.3 Å². The highest BCUT2D eigenvalue weighted by Crippen LogP contribution is 2.15. The van der Waals surface area contributed by atoms with Gasteiger partial charge in [-0.05, 0) is 30.7 Å². The monoisotopic (exact) mass is 276 g/mol. The summed E-state index contributed by atoms with van der Waals surface area (Å²) in [6.07, 6.45) is 2.52. The summed E-state index contributed by atoms with van der Waals surface area (Å²) in [5.41, 5.74) is 7.42. The van der Waals surface area contributed by atoms with Crippen LogP contribution in [0.3, 0.4) is 0 Å². The molecule has 2 N–H and O–H groups in total. The number of nitrogens with zero attached hydrogens (tertiary/aromatic N) is 2. The molecule has 6 heteroatoms. The molecule has 19 heavy (non-hydrogen) atoms. The highest BCUT2D eigenvalue weighted by Gasteiger charge is 2.20. The van der Waals surface area contributed by atoms with E-state index < -0.39 is 0 Å². The summed E-state index contributed by atoms with van der Waals surface area (Å²) < 4.78 is 1.69. The van der Waals surface area contributed by atoms with E-state index >= 15 is 0 Å². The lowest BCUT2D eigenvalue weighted by atomic mass is 10.1. The van der Waals surface area contributed by atoms with Crippen LogP contribution >= 0.6 is 11.6 Å². The van der Waals surface area contributed by atoms with Gasteiger partial charge in [0.15, 0.2) is 0 Å². The zero-order valence-corrected chi connectivity index (χ0v) is 10.9. The second kappa shape index (κ2) is 5.13. The Balaban J connectivity index is 2.01. The Morgan fingerprint density at radius 2 is 2.05 bits per heavy atom. The molecular formula is C13H13ClN4O. The van der Waals surface area contributed by atoms with Crippen molar-refractivity contribution in [1.29, 1.82) is 0 Å². The van der Waals surface area contributed by atoms with Crippen molar-refractivity contribution in [3.63, 3.8) is 0 Å². The number of aromatic nitrogens is 2. The van der Waals surface area contributed by atoms with Crippen LogP contribution in [0.4, 0.5) is 0 Å². The SMILES string of the molecule is O=c1ccn(-c2ccc(Cl)cc2)nc1C1CCNN1. The molecule has 1 unspecified atom stereocenters. The first-order valence-corrected chi connectivity index (χ1v) is 6.46. The molecule has 98 valence electrons. The Morgan fingerprint density at radius 1 is 1.26 bits per heavy atom. The maximum atomic E-state index is 11.9. The van der Waals surface area contributed by atoms with Crippen LogP contribution in [-0.4, -0.2) is 16.3 Å². The largest absolute Gasteiger partial charge is 0.288 e. The second-order valence-corrected chi connectivity index (χ2v) is 4.84. The maximum absolute atomic E-state index is 11.9.